The zero-order valence-corrected chi connectivity index (χ0v) is 10.7. The summed E-state index contributed by atoms with van der Waals surface area (Å²) in [6, 6.07) is 9.94. The summed E-state index contributed by atoms with van der Waals surface area (Å²) in [5.74, 6) is 0.929. The maximum Gasteiger partial charge on any atom is 0.312 e. The number of fused-ring (bicyclic) bond motifs is 3. The standard InChI is InChI=1S/C16H20O2/c17-15(18-12-14-4-2-1-3-5-14)16-9-6-13(7-10-16)8-11-16/h1-5,13H,6-12H2. The Kier molecular flexibility index (Phi) is 3.11. The molecule has 3 aliphatic rings. The van der Waals surface area contributed by atoms with Crippen LogP contribution in [0.3, 0.4) is 0 Å². The normalized spacial score (nSPS) is 30.1. The van der Waals surface area contributed by atoms with Gasteiger partial charge >= 0.3 is 5.97 Å². The van der Waals surface area contributed by atoms with Crippen molar-refractivity contribution in [3.8, 4) is 0 Å². The number of rotatable bonds is 3. The lowest BCUT2D eigenvalue weighted by Gasteiger charge is -2.44. The number of carbonyl (C=O) groups is 1. The van der Waals surface area contributed by atoms with E-state index in [1.165, 1.54) is 19.3 Å². The van der Waals surface area contributed by atoms with E-state index in [0.717, 1.165) is 30.7 Å². The second-order valence-electron chi connectivity index (χ2n) is 5.82. The largest absolute Gasteiger partial charge is 0.460 e. The van der Waals surface area contributed by atoms with Crippen molar-refractivity contribution < 1.29 is 9.53 Å². The van der Waals surface area contributed by atoms with Gasteiger partial charge in [0.2, 0.25) is 0 Å². The maximum atomic E-state index is 12.3. The molecule has 3 saturated carbocycles. The minimum atomic E-state index is -0.135. The van der Waals surface area contributed by atoms with Gasteiger partial charge in [0.1, 0.15) is 6.61 Å². The van der Waals surface area contributed by atoms with Crippen LogP contribution in [0.2, 0.25) is 0 Å². The van der Waals surface area contributed by atoms with E-state index in [1.807, 2.05) is 30.3 Å². The molecular formula is C16H20O2. The molecule has 0 radical (unpaired) electrons. The molecule has 0 saturated heterocycles. The fraction of sp³-hybridized carbons (Fsp3) is 0.562. The summed E-state index contributed by atoms with van der Waals surface area (Å²) in [6.45, 7) is 0.421. The predicted molar refractivity (Wildman–Crippen MR) is 69.9 cm³/mol. The van der Waals surface area contributed by atoms with E-state index in [2.05, 4.69) is 0 Å². The summed E-state index contributed by atoms with van der Waals surface area (Å²) in [5, 5.41) is 0. The van der Waals surface area contributed by atoms with Crippen LogP contribution in [0.15, 0.2) is 30.3 Å². The number of hydrogen-bond donors (Lipinski definition) is 0. The van der Waals surface area contributed by atoms with Crippen molar-refractivity contribution in [2.24, 2.45) is 11.3 Å². The van der Waals surface area contributed by atoms with Gasteiger partial charge in [-0.2, -0.15) is 0 Å². The van der Waals surface area contributed by atoms with Crippen molar-refractivity contribution in [2.75, 3.05) is 0 Å². The van der Waals surface area contributed by atoms with Crippen LogP contribution in [0.25, 0.3) is 0 Å². The average molecular weight is 244 g/mol. The summed E-state index contributed by atoms with van der Waals surface area (Å²) < 4.78 is 5.55. The third kappa shape index (κ3) is 2.16. The van der Waals surface area contributed by atoms with E-state index in [9.17, 15) is 4.79 Å². The van der Waals surface area contributed by atoms with Crippen molar-refractivity contribution in [3.05, 3.63) is 35.9 Å². The molecule has 2 bridgehead atoms. The second kappa shape index (κ2) is 4.75. The van der Waals surface area contributed by atoms with Gasteiger partial charge in [-0.25, -0.2) is 0 Å². The van der Waals surface area contributed by atoms with Crippen molar-refractivity contribution in [1.82, 2.24) is 0 Å². The number of benzene rings is 1. The van der Waals surface area contributed by atoms with Crippen LogP contribution in [0.5, 0.6) is 0 Å². The second-order valence-corrected chi connectivity index (χ2v) is 5.82. The van der Waals surface area contributed by atoms with Gasteiger partial charge in [0, 0.05) is 0 Å². The Hall–Kier alpha value is -1.31. The zero-order chi connectivity index (χ0) is 12.4. The third-order valence-electron chi connectivity index (χ3n) is 4.74. The Balaban J connectivity index is 1.61. The first-order chi connectivity index (χ1) is 8.78. The van der Waals surface area contributed by atoms with Crippen molar-refractivity contribution in [3.63, 3.8) is 0 Å². The van der Waals surface area contributed by atoms with Gasteiger partial charge in [-0.3, -0.25) is 4.79 Å². The van der Waals surface area contributed by atoms with E-state index in [1.54, 1.807) is 0 Å². The van der Waals surface area contributed by atoms with E-state index in [-0.39, 0.29) is 11.4 Å². The maximum absolute atomic E-state index is 12.3. The summed E-state index contributed by atoms with van der Waals surface area (Å²) in [6.07, 6.45) is 6.81. The SMILES string of the molecule is O=C(OCc1ccccc1)C12CCC(CC1)CC2. The third-order valence-corrected chi connectivity index (χ3v) is 4.74. The van der Waals surface area contributed by atoms with E-state index < -0.39 is 0 Å². The summed E-state index contributed by atoms with van der Waals surface area (Å²) >= 11 is 0. The minimum Gasteiger partial charge on any atom is -0.460 e. The van der Waals surface area contributed by atoms with Gasteiger partial charge in [-0.1, -0.05) is 30.3 Å². The Labute approximate surface area is 108 Å². The quantitative estimate of drug-likeness (QED) is 0.758. The number of ether oxygens (including phenoxy) is 1. The highest BCUT2D eigenvalue weighted by Gasteiger charge is 2.46. The Bertz CT molecular complexity index is 402. The predicted octanol–water partition coefficient (Wildman–Crippen LogP) is 3.70. The topological polar surface area (TPSA) is 26.3 Å². The van der Waals surface area contributed by atoms with Crippen molar-refractivity contribution in [1.29, 1.82) is 0 Å². The molecule has 2 nitrogen and oxygen atoms in total. The van der Waals surface area contributed by atoms with Crippen LogP contribution in [-0.2, 0) is 16.1 Å². The lowest BCUT2D eigenvalue weighted by Crippen LogP contribution is -2.41. The lowest BCUT2D eigenvalue weighted by atomic mass is 9.61. The van der Waals surface area contributed by atoms with Gasteiger partial charge in [0.25, 0.3) is 0 Å². The molecule has 3 fully saturated rings. The fourth-order valence-electron chi connectivity index (χ4n) is 3.43. The summed E-state index contributed by atoms with van der Waals surface area (Å²) in [7, 11) is 0. The molecular weight excluding hydrogens is 224 g/mol. The van der Waals surface area contributed by atoms with Crippen LogP contribution in [0, 0.1) is 11.3 Å². The Morgan fingerprint density at radius 2 is 1.72 bits per heavy atom. The van der Waals surface area contributed by atoms with Crippen molar-refractivity contribution >= 4 is 5.97 Å². The van der Waals surface area contributed by atoms with Crippen LogP contribution in [0.4, 0.5) is 0 Å². The van der Waals surface area contributed by atoms with Gasteiger partial charge < -0.3 is 4.74 Å². The molecule has 0 unspecified atom stereocenters. The summed E-state index contributed by atoms with van der Waals surface area (Å²) in [4.78, 5) is 12.3. The Morgan fingerprint density at radius 1 is 1.11 bits per heavy atom. The highest BCUT2D eigenvalue weighted by Crippen LogP contribution is 2.50. The number of hydrogen-bond acceptors (Lipinski definition) is 2. The van der Waals surface area contributed by atoms with Crippen LogP contribution in [-0.4, -0.2) is 5.97 Å². The molecule has 4 rings (SSSR count). The van der Waals surface area contributed by atoms with Gasteiger partial charge in [-0.05, 0) is 50.0 Å². The average Bonchev–Trinajstić information content (AvgIpc) is 2.48. The van der Waals surface area contributed by atoms with E-state index in [4.69, 9.17) is 4.74 Å². The molecule has 0 N–H and O–H groups in total. The monoisotopic (exact) mass is 244 g/mol. The highest BCUT2D eigenvalue weighted by molar-refractivity contribution is 5.77. The molecule has 0 aliphatic heterocycles. The van der Waals surface area contributed by atoms with E-state index >= 15 is 0 Å². The first-order valence-electron chi connectivity index (χ1n) is 7.00. The van der Waals surface area contributed by atoms with Gasteiger partial charge in [0.15, 0.2) is 0 Å². The van der Waals surface area contributed by atoms with Crippen LogP contribution in [0.1, 0.15) is 44.1 Å². The highest BCUT2D eigenvalue weighted by atomic mass is 16.5. The molecule has 0 atom stereocenters. The molecule has 0 amide bonds. The zero-order valence-electron chi connectivity index (χ0n) is 10.7. The minimum absolute atomic E-state index is 0.0458. The summed E-state index contributed by atoms with van der Waals surface area (Å²) in [5.41, 5.74) is 0.940. The van der Waals surface area contributed by atoms with Gasteiger partial charge in [0.05, 0.1) is 5.41 Å². The Morgan fingerprint density at radius 3 is 2.33 bits per heavy atom. The lowest BCUT2D eigenvalue weighted by molar-refractivity contribution is -0.164. The molecule has 1 aromatic rings. The molecule has 1 aromatic carbocycles. The van der Waals surface area contributed by atoms with E-state index in [0.29, 0.717) is 6.61 Å². The van der Waals surface area contributed by atoms with Gasteiger partial charge in [-0.15, -0.1) is 0 Å². The molecule has 2 heteroatoms. The molecule has 3 aliphatic carbocycles. The smallest absolute Gasteiger partial charge is 0.312 e. The number of carbonyl (C=O) groups excluding carboxylic acids is 1. The molecule has 18 heavy (non-hydrogen) atoms. The molecule has 0 spiro atoms. The van der Waals surface area contributed by atoms with Crippen molar-refractivity contribution in [2.45, 2.75) is 45.1 Å². The molecule has 0 heterocycles. The fourth-order valence-corrected chi connectivity index (χ4v) is 3.43. The van der Waals surface area contributed by atoms with Crippen LogP contribution >= 0.6 is 0 Å². The molecule has 96 valence electrons. The first-order valence-corrected chi connectivity index (χ1v) is 7.00. The first kappa shape index (κ1) is 11.8. The van der Waals surface area contributed by atoms with Crippen LogP contribution < -0.4 is 0 Å². The number of esters is 1. The molecule has 0 aromatic heterocycles.